The molecule has 1 radical (unpaired) electrons. The molecule has 0 fully saturated rings. The maximum absolute atomic E-state index is 13.8. The fourth-order valence-corrected chi connectivity index (χ4v) is 1.81. The standard InChI is InChI=1S/C9HF18/c10-1(5(15,16)17)3(13,7(19,20)21)4(14,2(11)12)6(18,8(22,23)24)9(25,26)27/h1H. The maximum atomic E-state index is 13.8. The van der Waals surface area contributed by atoms with Crippen molar-refractivity contribution in [2.75, 3.05) is 0 Å². The summed E-state index contributed by atoms with van der Waals surface area (Å²) in [6.45, 7) is 0. The largest absolute Gasteiger partial charge is 0.435 e. The first-order chi connectivity index (χ1) is 11.3. The van der Waals surface area contributed by atoms with Crippen LogP contribution in [-0.4, -0.2) is 47.9 Å². The Balaban J connectivity index is 7.51. The van der Waals surface area contributed by atoms with Crippen molar-refractivity contribution < 1.29 is 79.0 Å². The first-order valence-corrected chi connectivity index (χ1v) is 5.51. The molecule has 0 saturated carbocycles. The van der Waals surface area contributed by atoms with E-state index in [0.29, 0.717) is 0 Å². The third-order valence-corrected chi connectivity index (χ3v) is 3.07. The van der Waals surface area contributed by atoms with E-state index in [4.69, 9.17) is 0 Å². The van der Waals surface area contributed by atoms with Crippen LogP contribution in [0.1, 0.15) is 0 Å². The summed E-state index contributed by atoms with van der Waals surface area (Å²) >= 11 is 0. The Kier molecular flexibility index (Phi) is 6.08. The van der Waals surface area contributed by atoms with Gasteiger partial charge in [0.2, 0.25) is 6.17 Å². The van der Waals surface area contributed by atoms with E-state index >= 15 is 0 Å². The molecule has 3 atom stereocenters. The highest BCUT2D eigenvalue weighted by molar-refractivity contribution is 5.29. The summed E-state index contributed by atoms with van der Waals surface area (Å²) < 4.78 is 226. The van der Waals surface area contributed by atoms with Gasteiger partial charge in [0.15, 0.2) is 0 Å². The van der Waals surface area contributed by atoms with Crippen LogP contribution < -0.4 is 0 Å². The molecule has 0 aliphatic rings. The summed E-state index contributed by atoms with van der Waals surface area (Å²) in [7, 11) is 0. The number of alkyl halides is 16. The zero-order valence-electron chi connectivity index (χ0n) is 11.4. The molecule has 27 heavy (non-hydrogen) atoms. The fraction of sp³-hybridized carbons (Fsp3) is 0.889. The molecular formula is C9HF18. The van der Waals surface area contributed by atoms with Gasteiger partial charge in [-0.3, -0.25) is 0 Å². The molecule has 0 spiro atoms. The minimum Gasteiger partial charge on any atom is -0.233 e. The Labute approximate surface area is 135 Å². The Morgan fingerprint density at radius 3 is 0.963 bits per heavy atom. The average molecular weight is 451 g/mol. The van der Waals surface area contributed by atoms with Crippen LogP contribution in [0.4, 0.5) is 79.0 Å². The Morgan fingerprint density at radius 1 is 0.519 bits per heavy atom. The lowest BCUT2D eigenvalue weighted by atomic mass is 9.70. The molecular weight excluding hydrogens is 450 g/mol. The summed E-state index contributed by atoms with van der Waals surface area (Å²) in [5.74, 6) is 0. The lowest BCUT2D eigenvalue weighted by molar-refractivity contribution is -0.427. The first kappa shape index (κ1) is 25.7. The van der Waals surface area contributed by atoms with Crippen LogP contribution in [0.3, 0.4) is 0 Å². The Morgan fingerprint density at radius 2 is 0.815 bits per heavy atom. The van der Waals surface area contributed by atoms with Crippen LogP contribution in [-0.2, 0) is 0 Å². The van der Waals surface area contributed by atoms with E-state index in [9.17, 15) is 79.0 Å². The van der Waals surface area contributed by atoms with Crippen molar-refractivity contribution in [3.63, 3.8) is 0 Å². The normalized spacial score (nSPS) is 21.0. The average Bonchev–Trinajstić information content (AvgIpc) is 2.38. The summed E-state index contributed by atoms with van der Waals surface area (Å²) in [5.41, 5.74) is -25.6. The molecule has 3 unspecified atom stereocenters. The molecule has 0 heterocycles. The molecule has 0 aliphatic heterocycles. The minimum atomic E-state index is -8.65. The number of rotatable bonds is 4. The Hall–Kier alpha value is -1.26. The lowest BCUT2D eigenvalue weighted by Crippen LogP contribution is -2.80. The molecule has 0 amide bonds. The van der Waals surface area contributed by atoms with Crippen molar-refractivity contribution in [3.05, 3.63) is 6.43 Å². The van der Waals surface area contributed by atoms with Gasteiger partial charge in [-0.1, -0.05) is 0 Å². The van der Waals surface area contributed by atoms with Gasteiger partial charge < -0.3 is 0 Å². The second-order valence-corrected chi connectivity index (χ2v) is 4.69. The van der Waals surface area contributed by atoms with Crippen LogP contribution in [0, 0.1) is 6.43 Å². The zero-order chi connectivity index (χ0) is 22.7. The van der Waals surface area contributed by atoms with Crippen molar-refractivity contribution in [2.24, 2.45) is 0 Å². The number of halogens is 18. The molecule has 0 aromatic carbocycles. The Bertz CT molecular complexity index is 505. The quantitative estimate of drug-likeness (QED) is 0.452. The van der Waals surface area contributed by atoms with Crippen LogP contribution in [0.5, 0.6) is 0 Å². The molecule has 18 heteroatoms. The molecule has 0 bridgehead atoms. The van der Waals surface area contributed by atoms with Crippen LogP contribution in [0.2, 0.25) is 0 Å². The summed E-state index contributed by atoms with van der Waals surface area (Å²) in [4.78, 5) is 0. The molecule has 0 aliphatic carbocycles. The highest BCUT2D eigenvalue weighted by atomic mass is 19.4. The van der Waals surface area contributed by atoms with Gasteiger partial charge in [0.25, 0.3) is 11.3 Å². The number of hydrogen-bond acceptors (Lipinski definition) is 0. The molecule has 0 aromatic heterocycles. The third kappa shape index (κ3) is 3.36. The van der Waals surface area contributed by atoms with Crippen molar-refractivity contribution in [1.82, 2.24) is 0 Å². The lowest BCUT2D eigenvalue weighted by Gasteiger charge is -2.47. The van der Waals surface area contributed by atoms with Crippen molar-refractivity contribution >= 4 is 0 Å². The smallest absolute Gasteiger partial charge is 0.233 e. The van der Waals surface area contributed by atoms with Crippen LogP contribution in [0.15, 0.2) is 0 Å². The van der Waals surface area contributed by atoms with Gasteiger partial charge in [-0.2, -0.15) is 61.5 Å². The van der Waals surface area contributed by atoms with E-state index in [1.807, 2.05) is 0 Å². The van der Waals surface area contributed by atoms with E-state index in [0.717, 1.165) is 0 Å². The predicted molar refractivity (Wildman–Crippen MR) is 46.1 cm³/mol. The number of hydrogen-bond donors (Lipinski definition) is 0. The van der Waals surface area contributed by atoms with E-state index in [-0.39, 0.29) is 0 Å². The van der Waals surface area contributed by atoms with Gasteiger partial charge in [0.1, 0.15) is 0 Å². The highest BCUT2D eigenvalue weighted by Crippen LogP contribution is 2.66. The van der Waals surface area contributed by atoms with E-state index in [1.165, 1.54) is 0 Å². The predicted octanol–water partition coefficient (Wildman–Crippen LogP) is 6.13. The monoisotopic (exact) mass is 451 g/mol. The van der Waals surface area contributed by atoms with Crippen LogP contribution >= 0.6 is 0 Å². The highest BCUT2D eigenvalue weighted by Gasteiger charge is 2.97. The molecule has 0 nitrogen and oxygen atoms in total. The van der Waals surface area contributed by atoms with Gasteiger partial charge in [-0.05, 0) is 0 Å². The van der Waals surface area contributed by atoms with Crippen LogP contribution in [0.25, 0.3) is 0 Å². The maximum Gasteiger partial charge on any atom is 0.435 e. The van der Waals surface area contributed by atoms with Gasteiger partial charge in [-0.25, -0.2) is 17.6 Å². The van der Waals surface area contributed by atoms with Crippen molar-refractivity contribution in [3.8, 4) is 0 Å². The molecule has 0 N–H and O–H groups in total. The summed E-state index contributed by atoms with van der Waals surface area (Å²) in [6, 6.07) is 0. The fourth-order valence-electron chi connectivity index (χ4n) is 1.81. The van der Waals surface area contributed by atoms with Gasteiger partial charge in [0, 0.05) is 0 Å². The SMILES string of the molecule is F[C](F)C(F)(C(F)(C(F)C(F)(F)F)C(F)(F)F)C(F)(C(F)(F)F)C(F)(F)F. The zero-order valence-corrected chi connectivity index (χ0v) is 11.4. The van der Waals surface area contributed by atoms with Gasteiger partial charge in [0.05, 0.1) is 0 Å². The van der Waals surface area contributed by atoms with Gasteiger partial charge in [-0.15, -0.1) is 0 Å². The summed E-state index contributed by atoms with van der Waals surface area (Å²) in [5, 5.41) is 0. The summed E-state index contributed by atoms with van der Waals surface area (Å²) in [6.07, 6.45) is -44.7. The second-order valence-electron chi connectivity index (χ2n) is 4.69. The van der Waals surface area contributed by atoms with Crippen molar-refractivity contribution in [2.45, 2.75) is 47.9 Å². The van der Waals surface area contributed by atoms with Crippen molar-refractivity contribution in [1.29, 1.82) is 0 Å². The van der Waals surface area contributed by atoms with Gasteiger partial charge >= 0.3 is 36.8 Å². The molecule has 163 valence electrons. The second kappa shape index (κ2) is 6.38. The molecule has 0 aromatic rings. The topological polar surface area (TPSA) is 0 Å². The minimum absolute atomic E-state index is 5.74. The third-order valence-electron chi connectivity index (χ3n) is 3.07. The van der Waals surface area contributed by atoms with E-state index in [2.05, 4.69) is 0 Å². The first-order valence-electron chi connectivity index (χ1n) is 5.51. The molecule has 0 saturated heterocycles. The van der Waals surface area contributed by atoms with E-state index < -0.39 is 54.3 Å². The van der Waals surface area contributed by atoms with E-state index in [1.54, 1.807) is 0 Å². The molecule has 0 rings (SSSR count).